The van der Waals surface area contributed by atoms with Crippen molar-refractivity contribution in [2.45, 2.75) is 13.8 Å². The van der Waals surface area contributed by atoms with Gasteiger partial charge in [0, 0.05) is 11.3 Å². The lowest BCUT2D eigenvalue weighted by atomic mass is 10.1. The van der Waals surface area contributed by atoms with Gasteiger partial charge in [-0.2, -0.15) is 0 Å². The van der Waals surface area contributed by atoms with E-state index in [0.29, 0.717) is 17.0 Å². The van der Waals surface area contributed by atoms with Crippen LogP contribution in [-0.4, -0.2) is 13.0 Å². The smallest absolute Gasteiger partial charge is 0.255 e. The number of ether oxygens (including phenoxy) is 1. The largest absolute Gasteiger partial charge is 0.495 e. The van der Waals surface area contributed by atoms with Gasteiger partial charge < -0.3 is 15.8 Å². The van der Waals surface area contributed by atoms with Crippen LogP contribution in [0.1, 0.15) is 21.5 Å². The van der Waals surface area contributed by atoms with E-state index in [1.165, 1.54) is 0 Å². The molecule has 0 bridgehead atoms. The van der Waals surface area contributed by atoms with Crippen molar-refractivity contribution in [1.29, 1.82) is 0 Å². The lowest BCUT2D eigenvalue weighted by Crippen LogP contribution is -2.13. The molecular formula is C16H18N2O2. The lowest BCUT2D eigenvalue weighted by Gasteiger charge is -2.11. The zero-order valence-electron chi connectivity index (χ0n) is 11.9. The average molecular weight is 270 g/mol. The van der Waals surface area contributed by atoms with E-state index >= 15 is 0 Å². The molecule has 2 aromatic carbocycles. The molecular weight excluding hydrogens is 252 g/mol. The van der Waals surface area contributed by atoms with Crippen molar-refractivity contribution in [1.82, 2.24) is 0 Å². The molecule has 20 heavy (non-hydrogen) atoms. The van der Waals surface area contributed by atoms with Crippen LogP contribution in [0.4, 0.5) is 11.4 Å². The van der Waals surface area contributed by atoms with Gasteiger partial charge in [0.1, 0.15) is 5.75 Å². The molecule has 104 valence electrons. The van der Waals surface area contributed by atoms with Gasteiger partial charge in [-0.05, 0) is 49.2 Å². The Morgan fingerprint density at radius 1 is 1.15 bits per heavy atom. The number of nitrogens with one attached hydrogen (secondary N) is 1. The Morgan fingerprint density at radius 2 is 1.90 bits per heavy atom. The predicted octanol–water partition coefficient (Wildman–Crippen LogP) is 3.15. The second kappa shape index (κ2) is 5.65. The number of anilines is 2. The number of carbonyl (C=O) groups excluding carboxylic acids is 1. The van der Waals surface area contributed by atoms with E-state index in [4.69, 9.17) is 10.5 Å². The van der Waals surface area contributed by atoms with E-state index in [1.54, 1.807) is 25.3 Å². The maximum atomic E-state index is 12.2. The van der Waals surface area contributed by atoms with Crippen LogP contribution in [0.15, 0.2) is 36.4 Å². The van der Waals surface area contributed by atoms with Crippen molar-refractivity contribution in [3.63, 3.8) is 0 Å². The molecule has 0 saturated heterocycles. The second-order valence-electron chi connectivity index (χ2n) is 4.73. The van der Waals surface area contributed by atoms with Gasteiger partial charge >= 0.3 is 0 Å². The van der Waals surface area contributed by atoms with E-state index in [9.17, 15) is 4.79 Å². The van der Waals surface area contributed by atoms with Gasteiger partial charge in [0.15, 0.2) is 0 Å². The van der Waals surface area contributed by atoms with Gasteiger partial charge in [0.25, 0.3) is 5.91 Å². The van der Waals surface area contributed by atoms with Crippen LogP contribution >= 0.6 is 0 Å². The van der Waals surface area contributed by atoms with E-state index < -0.39 is 0 Å². The molecule has 0 aliphatic carbocycles. The van der Waals surface area contributed by atoms with E-state index in [-0.39, 0.29) is 5.91 Å². The minimum Gasteiger partial charge on any atom is -0.495 e. The van der Waals surface area contributed by atoms with Gasteiger partial charge in [-0.25, -0.2) is 0 Å². The highest BCUT2D eigenvalue weighted by atomic mass is 16.5. The van der Waals surface area contributed by atoms with Gasteiger partial charge in [-0.15, -0.1) is 0 Å². The molecule has 4 heteroatoms. The maximum Gasteiger partial charge on any atom is 0.255 e. The molecule has 0 aliphatic heterocycles. The standard InChI is InChI=1S/C16H18N2O2/c1-10-4-5-11(2)14(8-10)18-16(19)12-6-7-15(20-3)13(17)9-12/h4-9H,17H2,1-3H3,(H,18,19). The Kier molecular flexibility index (Phi) is 3.94. The topological polar surface area (TPSA) is 64.3 Å². The Hall–Kier alpha value is -2.49. The van der Waals surface area contributed by atoms with Gasteiger partial charge in [0.05, 0.1) is 12.8 Å². The van der Waals surface area contributed by atoms with Crippen LogP contribution in [0.2, 0.25) is 0 Å². The number of nitrogen functional groups attached to an aromatic ring is 1. The summed E-state index contributed by atoms with van der Waals surface area (Å²) in [4.78, 5) is 12.2. The molecule has 0 radical (unpaired) electrons. The summed E-state index contributed by atoms with van der Waals surface area (Å²) in [7, 11) is 1.54. The zero-order chi connectivity index (χ0) is 14.7. The van der Waals surface area contributed by atoms with Crippen molar-refractivity contribution in [2.75, 3.05) is 18.2 Å². The van der Waals surface area contributed by atoms with Crippen molar-refractivity contribution in [3.8, 4) is 5.75 Å². The molecule has 0 aromatic heterocycles. The number of carbonyl (C=O) groups is 1. The summed E-state index contributed by atoms with van der Waals surface area (Å²) in [6.45, 7) is 3.94. The number of hydrogen-bond donors (Lipinski definition) is 2. The van der Waals surface area contributed by atoms with Crippen molar-refractivity contribution < 1.29 is 9.53 Å². The fourth-order valence-electron chi connectivity index (χ4n) is 1.94. The molecule has 0 spiro atoms. The highest BCUT2D eigenvalue weighted by Gasteiger charge is 2.10. The van der Waals surface area contributed by atoms with Gasteiger partial charge in [0.2, 0.25) is 0 Å². The first-order valence-corrected chi connectivity index (χ1v) is 6.33. The molecule has 1 amide bonds. The predicted molar refractivity (Wildman–Crippen MR) is 81.3 cm³/mol. The molecule has 0 heterocycles. The van der Waals surface area contributed by atoms with Crippen LogP contribution in [0.5, 0.6) is 5.75 Å². The third-order valence-corrected chi connectivity index (χ3v) is 3.13. The van der Waals surface area contributed by atoms with Crippen LogP contribution < -0.4 is 15.8 Å². The fraction of sp³-hybridized carbons (Fsp3) is 0.188. The molecule has 4 nitrogen and oxygen atoms in total. The van der Waals surface area contributed by atoms with Gasteiger partial charge in [-0.1, -0.05) is 12.1 Å². The molecule has 3 N–H and O–H groups in total. The number of nitrogens with two attached hydrogens (primary N) is 1. The number of amides is 1. The third-order valence-electron chi connectivity index (χ3n) is 3.13. The Bertz CT molecular complexity index is 651. The van der Waals surface area contributed by atoms with E-state index in [0.717, 1.165) is 16.8 Å². The molecule has 0 saturated carbocycles. The zero-order valence-corrected chi connectivity index (χ0v) is 11.9. The second-order valence-corrected chi connectivity index (χ2v) is 4.73. The molecule has 0 unspecified atom stereocenters. The first-order chi connectivity index (χ1) is 9.51. The number of rotatable bonds is 3. The minimum atomic E-state index is -0.187. The number of benzene rings is 2. The average Bonchev–Trinajstić information content (AvgIpc) is 2.42. The summed E-state index contributed by atoms with van der Waals surface area (Å²) in [5, 5.41) is 2.90. The number of aryl methyl sites for hydroxylation is 2. The SMILES string of the molecule is COc1ccc(C(=O)Nc2cc(C)ccc2C)cc1N. The van der Waals surface area contributed by atoms with Crippen molar-refractivity contribution in [2.24, 2.45) is 0 Å². The first-order valence-electron chi connectivity index (χ1n) is 6.33. The Morgan fingerprint density at radius 3 is 2.55 bits per heavy atom. The first kappa shape index (κ1) is 13.9. The Labute approximate surface area is 118 Å². The van der Waals surface area contributed by atoms with Crippen LogP contribution in [0, 0.1) is 13.8 Å². The fourth-order valence-corrected chi connectivity index (χ4v) is 1.94. The summed E-state index contributed by atoms with van der Waals surface area (Å²) in [6.07, 6.45) is 0. The van der Waals surface area contributed by atoms with Crippen molar-refractivity contribution >= 4 is 17.3 Å². The van der Waals surface area contributed by atoms with E-state index in [2.05, 4.69) is 5.32 Å². The van der Waals surface area contributed by atoms with Crippen LogP contribution in [0.25, 0.3) is 0 Å². The highest BCUT2D eigenvalue weighted by molar-refractivity contribution is 6.05. The lowest BCUT2D eigenvalue weighted by molar-refractivity contribution is 0.102. The molecule has 0 aliphatic rings. The summed E-state index contributed by atoms with van der Waals surface area (Å²) >= 11 is 0. The van der Waals surface area contributed by atoms with Crippen LogP contribution in [0.3, 0.4) is 0 Å². The maximum absolute atomic E-state index is 12.2. The summed E-state index contributed by atoms with van der Waals surface area (Å²) in [6, 6.07) is 10.9. The summed E-state index contributed by atoms with van der Waals surface area (Å²) < 4.78 is 5.08. The quantitative estimate of drug-likeness (QED) is 0.842. The third kappa shape index (κ3) is 2.91. The number of methoxy groups -OCH3 is 1. The Balaban J connectivity index is 2.24. The van der Waals surface area contributed by atoms with Crippen molar-refractivity contribution in [3.05, 3.63) is 53.1 Å². The minimum absolute atomic E-state index is 0.187. The molecule has 2 rings (SSSR count). The van der Waals surface area contributed by atoms with Crippen LogP contribution in [-0.2, 0) is 0 Å². The summed E-state index contributed by atoms with van der Waals surface area (Å²) in [5.41, 5.74) is 9.69. The monoisotopic (exact) mass is 270 g/mol. The van der Waals surface area contributed by atoms with E-state index in [1.807, 2.05) is 32.0 Å². The normalized spacial score (nSPS) is 10.2. The molecule has 0 fully saturated rings. The number of hydrogen-bond acceptors (Lipinski definition) is 3. The molecule has 0 atom stereocenters. The molecule has 2 aromatic rings. The highest BCUT2D eigenvalue weighted by Crippen LogP contribution is 2.23. The summed E-state index contributed by atoms with van der Waals surface area (Å²) in [5.74, 6) is 0.376. The van der Waals surface area contributed by atoms with Gasteiger partial charge in [-0.3, -0.25) is 4.79 Å².